The molecule has 7 heteroatoms. The first kappa shape index (κ1) is 16.0. The summed E-state index contributed by atoms with van der Waals surface area (Å²) in [6.07, 6.45) is 1.53. The Morgan fingerprint density at radius 3 is 2.76 bits per heavy atom. The summed E-state index contributed by atoms with van der Waals surface area (Å²) < 4.78 is 22.4. The summed E-state index contributed by atoms with van der Waals surface area (Å²) in [5, 5.41) is 0.637. The zero-order chi connectivity index (χ0) is 15.6. The van der Waals surface area contributed by atoms with Gasteiger partial charge in [-0.15, -0.1) is 0 Å². The van der Waals surface area contributed by atoms with Crippen LogP contribution in [-0.4, -0.2) is 30.4 Å². The molecule has 5 nitrogen and oxygen atoms in total. The van der Waals surface area contributed by atoms with Gasteiger partial charge in [-0.25, -0.2) is 13.4 Å². The molecule has 1 atom stereocenters. The lowest BCUT2D eigenvalue weighted by molar-refractivity contribution is 0.587. The maximum absolute atomic E-state index is 11.2. The molecule has 0 aliphatic carbocycles. The van der Waals surface area contributed by atoms with Crippen molar-refractivity contribution in [1.82, 2.24) is 9.97 Å². The van der Waals surface area contributed by atoms with Gasteiger partial charge in [-0.3, -0.25) is 0 Å². The number of H-pyrrole nitrogens is 1. The lowest BCUT2D eigenvalue weighted by atomic mass is 10.1. The lowest BCUT2D eigenvalue weighted by Crippen LogP contribution is -2.17. The van der Waals surface area contributed by atoms with E-state index in [4.69, 9.17) is 17.3 Å². The highest BCUT2D eigenvalue weighted by molar-refractivity contribution is 7.90. The minimum absolute atomic E-state index is 0.0421. The van der Waals surface area contributed by atoms with E-state index in [-0.39, 0.29) is 5.75 Å². The molecular weight excluding hydrogens is 310 g/mol. The van der Waals surface area contributed by atoms with Gasteiger partial charge in [-0.05, 0) is 25.5 Å². The number of nitrogens with zero attached hydrogens (tertiary/aromatic N) is 1. The van der Waals surface area contributed by atoms with Crippen LogP contribution in [-0.2, 0) is 9.84 Å². The molecule has 0 bridgehead atoms. The molecule has 1 heterocycles. The molecule has 1 unspecified atom stereocenters. The molecule has 0 radical (unpaired) electrons. The first-order chi connectivity index (χ1) is 9.76. The highest BCUT2D eigenvalue weighted by atomic mass is 35.5. The molecule has 114 valence electrons. The zero-order valence-electron chi connectivity index (χ0n) is 11.9. The molecule has 21 heavy (non-hydrogen) atoms. The van der Waals surface area contributed by atoms with Crippen LogP contribution in [0.5, 0.6) is 0 Å². The van der Waals surface area contributed by atoms with E-state index in [0.717, 1.165) is 17.0 Å². The van der Waals surface area contributed by atoms with Crippen molar-refractivity contribution < 1.29 is 8.42 Å². The first-order valence-electron chi connectivity index (χ1n) is 6.52. The van der Waals surface area contributed by atoms with Crippen molar-refractivity contribution in [3.05, 3.63) is 40.8 Å². The Morgan fingerprint density at radius 2 is 2.14 bits per heavy atom. The molecule has 0 aliphatic rings. The van der Waals surface area contributed by atoms with Gasteiger partial charge in [0.15, 0.2) is 0 Å². The molecule has 3 N–H and O–H groups in total. The number of hydrogen-bond acceptors (Lipinski definition) is 4. The smallest absolute Gasteiger partial charge is 0.147 e. The van der Waals surface area contributed by atoms with Crippen molar-refractivity contribution in [3.63, 3.8) is 0 Å². The van der Waals surface area contributed by atoms with E-state index in [1.54, 1.807) is 6.07 Å². The monoisotopic (exact) mass is 327 g/mol. The number of benzene rings is 1. The highest BCUT2D eigenvalue weighted by Gasteiger charge is 2.16. The maximum atomic E-state index is 11.2. The van der Waals surface area contributed by atoms with Crippen LogP contribution >= 0.6 is 11.6 Å². The molecule has 1 aromatic heterocycles. The maximum Gasteiger partial charge on any atom is 0.147 e. The normalized spacial score (nSPS) is 13.3. The van der Waals surface area contributed by atoms with Gasteiger partial charge in [0.1, 0.15) is 15.7 Å². The number of sulfone groups is 1. The average molecular weight is 328 g/mol. The van der Waals surface area contributed by atoms with Crippen LogP contribution in [0.1, 0.15) is 24.0 Å². The predicted octanol–water partition coefficient (Wildman–Crippen LogP) is 2.47. The molecule has 0 saturated carbocycles. The largest absolute Gasteiger partial charge is 0.344 e. The molecule has 0 aliphatic heterocycles. The van der Waals surface area contributed by atoms with Crippen molar-refractivity contribution in [3.8, 4) is 11.3 Å². The van der Waals surface area contributed by atoms with E-state index in [1.807, 2.05) is 25.1 Å². The molecular formula is C14H18ClN3O2S. The molecule has 0 spiro atoms. The topological polar surface area (TPSA) is 88.8 Å². The zero-order valence-corrected chi connectivity index (χ0v) is 13.5. The Hall–Kier alpha value is -1.37. The second-order valence-corrected chi connectivity index (χ2v) is 7.83. The van der Waals surface area contributed by atoms with Crippen molar-refractivity contribution in [2.45, 2.75) is 19.4 Å². The summed E-state index contributed by atoms with van der Waals surface area (Å²) in [5.74, 6) is 0.631. The lowest BCUT2D eigenvalue weighted by Gasteiger charge is -2.07. The quantitative estimate of drug-likeness (QED) is 0.882. The third-order valence-electron chi connectivity index (χ3n) is 3.15. The van der Waals surface area contributed by atoms with Crippen LogP contribution < -0.4 is 5.73 Å². The van der Waals surface area contributed by atoms with E-state index < -0.39 is 15.9 Å². The van der Waals surface area contributed by atoms with Gasteiger partial charge in [0.2, 0.25) is 0 Å². The third kappa shape index (κ3) is 4.30. The van der Waals surface area contributed by atoms with Crippen LogP contribution in [0.25, 0.3) is 11.3 Å². The van der Waals surface area contributed by atoms with Crippen LogP contribution in [0.2, 0.25) is 5.02 Å². The molecule has 0 saturated heterocycles. The Kier molecular flexibility index (Phi) is 4.70. The number of nitrogens with two attached hydrogens (primary N) is 1. The number of hydrogen-bond donors (Lipinski definition) is 2. The molecule has 0 amide bonds. The predicted molar refractivity (Wildman–Crippen MR) is 85.0 cm³/mol. The van der Waals surface area contributed by atoms with Gasteiger partial charge in [-0.1, -0.05) is 23.7 Å². The summed E-state index contributed by atoms with van der Waals surface area (Å²) in [6, 6.07) is 6.96. The van der Waals surface area contributed by atoms with Gasteiger partial charge < -0.3 is 10.7 Å². The van der Waals surface area contributed by atoms with Crippen molar-refractivity contribution >= 4 is 21.4 Å². The number of imidazole rings is 1. The Bertz CT molecular complexity index is 740. The minimum atomic E-state index is -3.03. The van der Waals surface area contributed by atoms with E-state index in [9.17, 15) is 8.42 Å². The SMILES string of the molecule is Cc1[nH]c(C(N)CCS(C)(=O)=O)nc1-c1cccc(Cl)c1. The van der Waals surface area contributed by atoms with Gasteiger partial charge in [0, 0.05) is 22.5 Å². The standard InChI is InChI=1S/C14H18ClN3O2S/c1-9-13(10-4-3-5-11(15)8-10)18-14(17-9)12(16)6-7-21(2,19)20/h3-5,8,12H,6-7,16H2,1-2H3,(H,17,18). The number of halogens is 1. The number of aromatic amines is 1. The van der Waals surface area contributed by atoms with Gasteiger partial charge in [0.05, 0.1) is 17.5 Å². The van der Waals surface area contributed by atoms with Gasteiger partial charge >= 0.3 is 0 Å². The Balaban J connectivity index is 2.23. The summed E-state index contributed by atoms with van der Waals surface area (Å²) in [4.78, 5) is 7.61. The van der Waals surface area contributed by atoms with Crippen LogP contribution in [0, 0.1) is 6.92 Å². The van der Waals surface area contributed by atoms with Crippen LogP contribution in [0.4, 0.5) is 0 Å². The number of rotatable bonds is 5. The summed E-state index contributed by atoms with van der Waals surface area (Å²) >= 11 is 5.99. The second-order valence-electron chi connectivity index (χ2n) is 5.13. The van der Waals surface area contributed by atoms with Crippen molar-refractivity contribution in [2.24, 2.45) is 5.73 Å². The fourth-order valence-corrected chi connectivity index (χ4v) is 2.93. The van der Waals surface area contributed by atoms with E-state index in [1.165, 1.54) is 6.26 Å². The van der Waals surface area contributed by atoms with Crippen molar-refractivity contribution in [2.75, 3.05) is 12.0 Å². The Labute approximate surface area is 129 Å². The summed E-state index contributed by atoms with van der Waals surface area (Å²) in [6.45, 7) is 1.90. The summed E-state index contributed by atoms with van der Waals surface area (Å²) in [7, 11) is -3.03. The number of nitrogens with one attached hydrogen (secondary N) is 1. The van der Waals surface area contributed by atoms with Crippen molar-refractivity contribution in [1.29, 1.82) is 0 Å². The molecule has 2 aromatic rings. The van der Waals surface area contributed by atoms with Gasteiger partial charge in [-0.2, -0.15) is 0 Å². The molecule has 1 aromatic carbocycles. The fourth-order valence-electron chi connectivity index (χ4n) is 2.05. The fraction of sp³-hybridized carbons (Fsp3) is 0.357. The van der Waals surface area contributed by atoms with E-state index >= 15 is 0 Å². The van der Waals surface area contributed by atoms with E-state index in [0.29, 0.717) is 17.3 Å². The minimum Gasteiger partial charge on any atom is -0.344 e. The third-order valence-corrected chi connectivity index (χ3v) is 4.36. The summed E-state index contributed by atoms with van der Waals surface area (Å²) in [5.41, 5.74) is 8.57. The average Bonchev–Trinajstić information content (AvgIpc) is 2.77. The molecule has 2 rings (SSSR count). The highest BCUT2D eigenvalue weighted by Crippen LogP contribution is 2.25. The molecule has 0 fully saturated rings. The second kappa shape index (κ2) is 6.17. The van der Waals surface area contributed by atoms with Crippen LogP contribution in [0.3, 0.4) is 0 Å². The first-order valence-corrected chi connectivity index (χ1v) is 8.96. The van der Waals surface area contributed by atoms with Gasteiger partial charge in [0.25, 0.3) is 0 Å². The Morgan fingerprint density at radius 1 is 1.43 bits per heavy atom. The van der Waals surface area contributed by atoms with Crippen LogP contribution in [0.15, 0.2) is 24.3 Å². The number of aromatic nitrogens is 2. The van der Waals surface area contributed by atoms with E-state index in [2.05, 4.69) is 9.97 Å². The number of aryl methyl sites for hydroxylation is 1.